The molecule has 2 N–H and O–H groups in total. The maximum atomic E-state index is 11.1. The van der Waals surface area contributed by atoms with Gasteiger partial charge in [0.15, 0.2) is 0 Å². The van der Waals surface area contributed by atoms with Crippen LogP contribution in [0.25, 0.3) is 5.78 Å². The second-order valence-electron chi connectivity index (χ2n) is 5.13. The third-order valence-electron chi connectivity index (χ3n) is 3.52. The summed E-state index contributed by atoms with van der Waals surface area (Å²) in [7, 11) is 1.34. The highest BCUT2D eigenvalue weighted by Gasteiger charge is 2.07. The SMILES string of the molecule is CCc1cc(Nc2ccc(CNC(=O)OC)cc2)n2ncnc2n1. The maximum Gasteiger partial charge on any atom is 0.407 e. The Kier molecular flexibility index (Phi) is 4.55. The van der Waals surface area contributed by atoms with Gasteiger partial charge in [0.2, 0.25) is 0 Å². The highest BCUT2D eigenvalue weighted by atomic mass is 16.5. The second-order valence-corrected chi connectivity index (χ2v) is 5.13. The number of nitrogens with one attached hydrogen (secondary N) is 2. The number of fused-ring (bicyclic) bond motifs is 1. The largest absolute Gasteiger partial charge is 0.453 e. The topological polar surface area (TPSA) is 93.4 Å². The fourth-order valence-electron chi connectivity index (χ4n) is 2.23. The number of ether oxygens (including phenoxy) is 1. The lowest BCUT2D eigenvalue weighted by Gasteiger charge is -2.10. The van der Waals surface area contributed by atoms with Crippen molar-refractivity contribution in [2.45, 2.75) is 19.9 Å². The van der Waals surface area contributed by atoms with Gasteiger partial charge in [0, 0.05) is 24.0 Å². The number of anilines is 2. The average Bonchev–Trinajstić information content (AvgIpc) is 3.09. The van der Waals surface area contributed by atoms with Crippen LogP contribution >= 0.6 is 0 Å². The fraction of sp³-hybridized carbons (Fsp3) is 0.250. The summed E-state index contributed by atoms with van der Waals surface area (Å²) in [4.78, 5) is 19.6. The van der Waals surface area contributed by atoms with Gasteiger partial charge >= 0.3 is 6.09 Å². The van der Waals surface area contributed by atoms with E-state index in [9.17, 15) is 4.79 Å². The van der Waals surface area contributed by atoms with Crippen molar-refractivity contribution < 1.29 is 9.53 Å². The van der Waals surface area contributed by atoms with Crippen molar-refractivity contribution in [2.75, 3.05) is 12.4 Å². The first-order valence-corrected chi connectivity index (χ1v) is 7.57. The summed E-state index contributed by atoms with van der Waals surface area (Å²) < 4.78 is 6.20. The molecule has 0 saturated carbocycles. The molecule has 0 saturated heterocycles. The van der Waals surface area contributed by atoms with Gasteiger partial charge in [-0.3, -0.25) is 0 Å². The number of rotatable bonds is 5. The van der Waals surface area contributed by atoms with Crippen LogP contribution in [0, 0.1) is 0 Å². The third kappa shape index (κ3) is 3.43. The zero-order valence-electron chi connectivity index (χ0n) is 13.5. The molecule has 3 rings (SSSR count). The molecule has 8 nitrogen and oxygen atoms in total. The number of methoxy groups -OCH3 is 1. The summed E-state index contributed by atoms with van der Waals surface area (Å²) >= 11 is 0. The molecule has 0 unspecified atom stereocenters. The van der Waals surface area contributed by atoms with Crippen LogP contribution in [0.2, 0.25) is 0 Å². The van der Waals surface area contributed by atoms with Crippen molar-refractivity contribution in [3.05, 3.63) is 47.9 Å². The third-order valence-corrected chi connectivity index (χ3v) is 3.52. The van der Waals surface area contributed by atoms with Crippen molar-refractivity contribution >= 4 is 23.4 Å². The van der Waals surface area contributed by atoms with Gasteiger partial charge in [-0.25, -0.2) is 9.78 Å². The molecule has 124 valence electrons. The van der Waals surface area contributed by atoms with Crippen LogP contribution in [0.1, 0.15) is 18.2 Å². The average molecular weight is 326 g/mol. The number of carbonyl (C=O) groups is 1. The standard InChI is InChI=1S/C16H18N6O2/c1-3-12-8-14(22-15(21-12)18-10-19-22)20-13-6-4-11(5-7-13)9-17-16(23)24-2/h4-8,10,20H,3,9H2,1-2H3,(H,17,23). The predicted molar refractivity (Wildman–Crippen MR) is 89.1 cm³/mol. The Bertz CT molecular complexity index is 843. The normalized spacial score (nSPS) is 10.6. The van der Waals surface area contributed by atoms with Gasteiger partial charge in [-0.15, -0.1) is 0 Å². The van der Waals surface area contributed by atoms with Crippen LogP contribution in [0.5, 0.6) is 0 Å². The first-order chi connectivity index (χ1) is 11.7. The van der Waals surface area contributed by atoms with E-state index >= 15 is 0 Å². The van der Waals surface area contributed by atoms with Crippen molar-refractivity contribution in [2.24, 2.45) is 0 Å². The summed E-state index contributed by atoms with van der Waals surface area (Å²) in [5.74, 6) is 1.37. The van der Waals surface area contributed by atoms with Gasteiger partial charge in [-0.05, 0) is 24.1 Å². The molecular formula is C16H18N6O2. The Morgan fingerprint density at radius 2 is 2.08 bits per heavy atom. The van der Waals surface area contributed by atoms with Crippen molar-refractivity contribution in [1.29, 1.82) is 0 Å². The number of alkyl carbamates (subject to hydrolysis) is 1. The Labute approximate surface area is 138 Å². The Morgan fingerprint density at radius 1 is 1.29 bits per heavy atom. The quantitative estimate of drug-likeness (QED) is 0.747. The molecule has 8 heteroatoms. The van der Waals surface area contributed by atoms with Gasteiger partial charge in [-0.2, -0.15) is 14.6 Å². The van der Waals surface area contributed by atoms with Crippen LogP contribution in [-0.2, 0) is 17.7 Å². The van der Waals surface area contributed by atoms with E-state index in [0.29, 0.717) is 12.3 Å². The molecular weight excluding hydrogens is 308 g/mol. The molecule has 0 atom stereocenters. The minimum absolute atomic E-state index is 0.412. The molecule has 1 aromatic carbocycles. The van der Waals surface area contributed by atoms with E-state index in [1.54, 1.807) is 4.52 Å². The van der Waals surface area contributed by atoms with E-state index in [2.05, 4.69) is 30.4 Å². The van der Waals surface area contributed by atoms with Gasteiger partial charge < -0.3 is 15.4 Å². The molecule has 2 heterocycles. The van der Waals surface area contributed by atoms with Crippen LogP contribution in [0.3, 0.4) is 0 Å². The van der Waals surface area contributed by atoms with E-state index in [1.807, 2.05) is 37.3 Å². The smallest absolute Gasteiger partial charge is 0.407 e. The number of benzene rings is 1. The van der Waals surface area contributed by atoms with Crippen molar-refractivity contribution in [1.82, 2.24) is 24.9 Å². The van der Waals surface area contributed by atoms with E-state index in [1.165, 1.54) is 13.4 Å². The number of aryl methyl sites for hydroxylation is 1. The van der Waals surface area contributed by atoms with Gasteiger partial charge in [-0.1, -0.05) is 19.1 Å². The van der Waals surface area contributed by atoms with Gasteiger partial charge in [0.1, 0.15) is 12.1 Å². The first kappa shape index (κ1) is 15.7. The number of amides is 1. The number of nitrogens with zero attached hydrogens (tertiary/aromatic N) is 4. The zero-order valence-corrected chi connectivity index (χ0v) is 13.5. The van der Waals surface area contributed by atoms with Crippen molar-refractivity contribution in [3.8, 4) is 0 Å². The Balaban J connectivity index is 1.76. The minimum Gasteiger partial charge on any atom is -0.453 e. The number of carbonyl (C=O) groups excluding carboxylic acids is 1. The van der Waals surface area contributed by atoms with E-state index in [-0.39, 0.29) is 0 Å². The van der Waals surface area contributed by atoms with Crippen LogP contribution in [0.15, 0.2) is 36.7 Å². The predicted octanol–water partition coefficient (Wildman–Crippen LogP) is 2.29. The summed E-state index contributed by atoms with van der Waals surface area (Å²) in [6, 6.07) is 9.68. The lowest BCUT2D eigenvalue weighted by molar-refractivity contribution is 0.170. The molecule has 3 aromatic rings. The molecule has 0 aliphatic rings. The molecule has 0 spiro atoms. The van der Waals surface area contributed by atoms with E-state index in [4.69, 9.17) is 0 Å². The van der Waals surface area contributed by atoms with E-state index < -0.39 is 6.09 Å². The summed E-state index contributed by atoms with van der Waals surface area (Å²) in [6.07, 6.45) is 1.85. The minimum atomic E-state index is -0.449. The molecule has 24 heavy (non-hydrogen) atoms. The molecule has 1 amide bonds. The van der Waals surface area contributed by atoms with Crippen LogP contribution in [-0.4, -0.2) is 32.8 Å². The summed E-state index contributed by atoms with van der Waals surface area (Å²) in [6.45, 7) is 2.46. The fourth-order valence-corrected chi connectivity index (χ4v) is 2.23. The highest BCUT2D eigenvalue weighted by Crippen LogP contribution is 2.18. The van der Waals surface area contributed by atoms with Crippen LogP contribution < -0.4 is 10.6 Å². The number of hydrogen-bond acceptors (Lipinski definition) is 6. The molecule has 0 bridgehead atoms. The highest BCUT2D eigenvalue weighted by molar-refractivity contribution is 5.67. The number of aromatic nitrogens is 4. The molecule has 0 aliphatic carbocycles. The van der Waals surface area contributed by atoms with Crippen molar-refractivity contribution in [3.63, 3.8) is 0 Å². The summed E-state index contributed by atoms with van der Waals surface area (Å²) in [5.41, 5.74) is 2.82. The summed E-state index contributed by atoms with van der Waals surface area (Å²) in [5, 5.41) is 10.1. The first-order valence-electron chi connectivity index (χ1n) is 7.57. The monoisotopic (exact) mass is 326 g/mol. The Hall–Kier alpha value is -3.16. The van der Waals surface area contributed by atoms with Gasteiger partial charge in [0.05, 0.1) is 7.11 Å². The molecule has 2 aromatic heterocycles. The zero-order chi connectivity index (χ0) is 16.9. The van der Waals surface area contributed by atoms with Crippen LogP contribution in [0.4, 0.5) is 16.3 Å². The molecule has 0 aliphatic heterocycles. The lowest BCUT2D eigenvalue weighted by atomic mass is 10.2. The lowest BCUT2D eigenvalue weighted by Crippen LogP contribution is -2.22. The molecule has 0 radical (unpaired) electrons. The van der Waals surface area contributed by atoms with E-state index in [0.717, 1.165) is 29.2 Å². The number of hydrogen-bond donors (Lipinski definition) is 2. The Morgan fingerprint density at radius 3 is 2.79 bits per heavy atom. The van der Waals surface area contributed by atoms with Gasteiger partial charge in [0.25, 0.3) is 5.78 Å². The molecule has 0 fully saturated rings. The second kappa shape index (κ2) is 6.95. The maximum absolute atomic E-state index is 11.1.